The van der Waals surface area contributed by atoms with Gasteiger partial charge in [0.2, 0.25) is 0 Å². The summed E-state index contributed by atoms with van der Waals surface area (Å²) < 4.78 is 18.9. The summed E-state index contributed by atoms with van der Waals surface area (Å²) in [5.41, 5.74) is 0.784. The molecule has 0 bridgehead atoms. The smallest absolute Gasteiger partial charge is 0.338 e. The van der Waals surface area contributed by atoms with E-state index in [2.05, 4.69) is 15.9 Å². The fourth-order valence-corrected chi connectivity index (χ4v) is 1.93. The van der Waals surface area contributed by atoms with E-state index in [-0.39, 0.29) is 11.9 Å². The molecule has 0 N–H and O–H groups in total. The van der Waals surface area contributed by atoms with Crippen molar-refractivity contribution in [3.05, 3.63) is 33.5 Å². The molecule has 1 aliphatic rings. The molecule has 1 heterocycles. The van der Waals surface area contributed by atoms with Crippen LogP contribution >= 0.6 is 15.9 Å². The number of cyclic esters (lactones) is 1. The summed E-state index contributed by atoms with van der Waals surface area (Å²) in [6.07, 6.45) is 0.186. The van der Waals surface area contributed by atoms with Crippen molar-refractivity contribution in [2.45, 2.75) is 19.4 Å². The maximum Gasteiger partial charge on any atom is 0.338 e. The van der Waals surface area contributed by atoms with Crippen LogP contribution in [-0.4, -0.2) is 12.1 Å². The van der Waals surface area contributed by atoms with Crippen LogP contribution in [0.25, 0.3) is 0 Å². The first-order chi connectivity index (χ1) is 6.59. The highest BCUT2D eigenvalue weighted by molar-refractivity contribution is 9.10. The Kier molecular flexibility index (Phi) is 2.31. The van der Waals surface area contributed by atoms with E-state index in [9.17, 15) is 9.18 Å². The number of fused-ring (bicyclic) bond motifs is 1. The van der Waals surface area contributed by atoms with Gasteiger partial charge in [0.15, 0.2) is 0 Å². The average molecular weight is 259 g/mol. The Morgan fingerprint density at radius 2 is 2.29 bits per heavy atom. The van der Waals surface area contributed by atoms with Gasteiger partial charge in [0.1, 0.15) is 11.9 Å². The van der Waals surface area contributed by atoms with E-state index in [1.807, 2.05) is 0 Å². The Morgan fingerprint density at radius 1 is 1.57 bits per heavy atom. The van der Waals surface area contributed by atoms with Crippen LogP contribution in [0.2, 0.25) is 0 Å². The van der Waals surface area contributed by atoms with Crippen molar-refractivity contribution in [3.8, 4) is 0 Å². The number of carbonyl (C=O) groups is 1. The molecule has 1 aromatic carbocycles. The molecule has 0 spiro atoms. The molecule has 0 aliphatic carbocycles. The van der Waals surface area contributed by atoms with Crippen molar-refractivity contribution >= 4 is 21.9 Å². The molecule has 1 aliphatic heterocycles. The van der Waals surface area contributed by atoms with Gasteiger partial charge in [0.05, 0.1) is 10.0 Å². The molecule has 2 nitrogen and oxygen atoms in total. The topological polar surface area (TPSA) is 26.3 Å². The number of hydrogen-bond acceptors (Lipinski definition) is 2. The first kappa shape index (κ1) is 9.65. The van der Waals surface area contributed by atoms with Crippen LogP contribution in [0.4, 0.5) is 4.39 Å². The summed E-state index contributed by atoms with van der Waals surface area (Å²) in [5, 5.41) is 0. The zero-order chi connectivity index (χ0) is 10.3. The van der Waals surface area contributed by atoms with Crippen molar-refractivity contribution in [3.63, 3.8) is 0 Å². The molecule has 0 radical (unpaired) electrons. The second-order valence-corrected chi connectivity index (χ2v) is 4.16. The van der Waals surface area contributed by atoms with Crippen molar-refractivity contribution in [1.82, 2.24) is 0 Å². The van der Waals surface area contributed by atoms with E-state index in [1.54, 1.807) is 13.0 Å². The minimum atomic E-state index is -0.440. The van der Waals surface area contributed by atoms with Gasteiger partial charge in [0.25, 0.3) is 0 Å². The molecule has 1 atom stereocenters. The fourth-order valence-electron chi connectivity index (χ4n) is 1.56. The summed E-state index contributed by atoms with van der Waals surface area (Å²) in [6, 6.07) is 3.10. The second kappa shape index (κ2) is 3.35. The molecule has 0 amide bonds. The van der Waals surface area contributed by atoms with Gasteiger partial charge in [-0.1, -0.05) is 0 Å². The minimum Gasteiger partial charge on any atom is -0.459 e. The highest BCUT2D eigenvalue weighted by Crippen LogP contribution is 2.27. The first-order valence-electron chi connectivity index (χ1n) is 4.27. The SMILES string of the molecule is CC1Cc2c(ccc(Br)c2F)C(=O)O1. The van der Waals surface area contributed by atoms with E-state index in [1.165, 1.54) is 6.07 Å². The fraction of sp³-hybridized carbons (Fsp3) is 0.300. The Morgan fingerprint density at radius 3 is 3.00 bits per heavy atom. The molecule has 0 fully saturated rings. The van der Waals surface area contributed by atoms with Gasteiger partial charge in [-0.3, -0.25) is 0 Å². The van der Waals surface area contributed by atoms with Gasteiger partial charge in [0, 0.05) is 12.0 Å². The third kappa shape index (κ3) is 1.43. The summed E-state index contributed by atoms with van der Waals surface area (Å²) in [5.74, 6) is -0.795. The summed E-state index contributed by atoms with van der Waals surface area (Å²) in [6.45, 7) is 1.75. The normalized spacial score (nSPS) is 20.2. The van der Waals surface area contributed by atoms with Gasteiger partial charge >= 0.3 is 5.97 Å². The van der Waals surface area contributed by atoms with Gasteiger partial charge in [-0.05, 0) is 35.0 Å². The number of carbonyl (C=O) groups excluding carboxylic acids is 1. The molecule has 0 aromatic heterocycles. The van der Waals surface area contributed by atoms with E-state index in [4.69, 9.17) is 4.74 Å². The number of hydrogen-bond donors (Lipinski definition) is 0. The number of ether oxygens (including phenoxy) is 1. The number of esters is 1. The molecule has 4 heteroatoms. The maximum absolute atomic E-state index is 13.6. The lowest BCUT2D eigenvalue weighted by molar-refractivity contribution is 0.0297. The average Bonchev–Trinajstić information content (AvgIpc) is 2.12. The van der Waals surface area contributed by atoms with Crippen molar-refractivity contribution in [2.24, 2.45) is 0 Å². The zero-order valence-electron chi connectivity index (χ0n) is 7.51. The van der Waals surface area contributed by atoms with Gasteiger partial charge in [-0.15, -0.1) is 0 Å². The molecule has 0 saturated heterocycles. The summed E-state index contributed by atoms with van der Waals surface area (Å²) in [7, 11) is 0. The van der Waals surface area contributed by atoms with Crippen LogP contribution in [0.1, 0.15) is 22.8 Å². The predicted molar refractivity (Wildman–Crippen MR) is 52.7 cm³/mol. The Bertz CT molecular complexity index is 403. The molecular formula is C10H8BrFO2. The van der Waals surface area contributed by atoms with E-state index < -0.39 is 5.97 Å². The largest absolute Gasteiger partial charge is 0.459 e. The second-order valence-electron chi connectivity index (χ2n) is 3.31. The monoisotopic (exact) mass is 258 g/mol. The lowest BCUT2D eigenvalue weighted by atomic mass is 9.99. The molecule has 14 heavy (non-hydrogen) atoms. The molecule has 0 saturated carbocycles. The van der Waals surface area contributed by atoms with Crippen molar-refractivity contribution in [2.75, 3.05) is 0 Å². The van der Waals surface area contributed by atoms with Crippen LogP contribution < -0.4 is 0 Å². The van der Waals surface area contributed by atoms with Crippen LogP contribution in [0.3, 0.4) is 0 Å². The van der Waals surface area contributed by atoms with Gasteiger partial charge < -0.3 is 4.74 Å². The minimum absolute atomic E-state index is 0.251. The third-order valence-electron chi connectivity index (χ3n) is 2.22. The molecule has 1 unspecified atom stereocenters. The van der Waals surface area contributed by atoms with Crippen molar-refractivity contribution in [1.29, 1.82) is 0 Å². The van der Waals surface area contributed by atoms with Crippen LogP contribution in [0, 0.1) is 5.82 Å². The quantitative estimate of drug-likeness (QED) is 0.669. The van der Waals surface area contributed by atoms with E-state index in [0.717, 1.165) is 0 Å². The van der Waals surface area contributed by atoms with E-state index in [0.29, 0.717) is 22.0 Å². The zero-order valence-corrected chi connectivity index (χ0v) is 9.10. The molecule has 74 valence electrons. The lowest BCUT2D eigenvalue weighted by Gasteiger charge is -2.22. The van der Waals surface area contributed by atoms with Crippen LogP contribution in [0.15, 0.2) is 16.6 Å². The summed E-state index contributed by atoms with van der Waals surface area (Å²) in [4.78, 5) is 11.4. The van der Waals surface area contributed by atoms with Crippen LogP contribution in [0.5, 0.6) is 0 Å². The van der Waals surface area contributed by atoms with Gasteiger partial charge in [-0.2, -0.15) is 0 Å². The van der Waals surface area contributed by atoms with Gasteiger partial charge in [-0.25, -0.2) is 9.18 Å². The van der Waals surface area contributed by atoms with Crippen molar-refractivity contribution < 1.29 is 13.9 Å². The molecule has 2 rings (SSSR count). The standard InChI is InChI=1S/C10H8BrFO2/c1-5-4-7-6(10(13)14-5)2-3-8(11)9(7)12/h2-3,5H,4H2,1H3. The highest BCUT2D eigenvalue weighted by Gasteiger charge is 2.26. The first-order valence-corrected chi connectivity index (χ1v) is 5.06. The predicted octanol–water partition coefficient (Wildman–Crippen LogP) is 2.69. The number of rotatable bonds is 0. The molecular weight excluding hydrogens is 251 g/mol. The Hall–Kier alpha value is -0.900. The number of benzene rings is 1. The summed E-state index contributed by atoms with van der Waals surface area (Å²) >= 11 is 3.09. The third-order valence-corrected chi connectivity index (χ3v) is 2.83. The Labute approximate surface area is 89.2 Å². The number of halogens is 2. The molecule has 1 aromatic rings. The Balaban J connectivity index is 2.59. The lowest BCUT2D eigenvalue weighted by Crippen LogP contribution is -2.26. The van der Waals surface area contributed by atoms with E-state index >= 15 is 0 Å². The maximum atomic E-state index is 13.6. The van der Waals surface area contributed by atoms with Crippen LogP contribution in [-0.2, 0) is 11.2 Å². The highest BCUT2D eigenvalue weighted by atomic mass is 79.9.